The van der Waals surface area contributed by atoms with Gasteiger partial charge in [-0.3, -0.25) is 4.79 Å². The van der Waals surface area contributed by atoms with Crippen molar-refractivity contribution in [2.45, 2.75) is 13.8 Å². The molecule has 0 aromatic heterocycles. The average molecular weight is 263 g/mol. The first-order valence-corrected chi connectivity index (χ1v) is 6.43. The van der Waals surface area contributed by atoms with Crippen LogP contribution in [0, 0.1) is 19.3 Å². The highest BCUT2D eigenvalue weighted by Gasteiger charge is 2.48. The number of anilines is 1. The zero-order valence-electron chi connectivity index (χ0n) is 12.0. The Hall–Kier alpha value is -1.55. The molecule has 0 radical (unpaired) electrons. The lowest BCUT2D eigenvalue weighted by Crippen LogP contribution is -2.56. The number of benzene rings is 1. The Morgan fingerprint density at radius 3 is 2.63 bits per heavy atom. The molecule has 0 saturated carbocycles. The van der Waals surface area contributed by atoms with Crippen LogP contribution in [0.2, 0.25) is 0 Å². The molecular formula is C15H21NO3. The molecule has 4 nitrogen and oxygen atoms in total. The highest BCUT2D eigenvalue weighted by Crippen LogP contribution is 2.32. The third-order valence-corrected chi connectivity index (χ3v) is 3.69. The Bertz CT molecular complexity index is 480. The number of carbonyl (C=O) groups excluding carboxylic acids is 1. The summed E-state index contributed by atoms with van der Waals surface area (Å²) in [5, 5.41) is 0. The monoisotopic (exact) mass is 263 g/mol. The molecule has 1 heterocycles. The third-order valence-electron chi connectivity index (χ3n) is 3.69. The molecule has 0 spiro atoms. The Morgan fingerprint density at radius 1 is 1.42 bits per heavy atom. The van der Waals surface area contributed by atoms with Crippen molar-refractivity contribution in [3.8, 4) is 0 Å². The summed E-state index contributed by atoms with van der Waals surface area (Å²) < 4.78 is 10.1. The number of hydrogen-bond donors (Lipinski definition) is 0. The van der Waals surface area contributed by atoms with Gasteiger partial charge in [-0.15, -0.1) is 0 Å². The number of esters is 1. The second-order valence-electron chi connectivity index (χ2n) is 5.41. The van der Waals surface area contributed by atoms with E-state index in [9.17, 15) is 4.79 Å². The molecule has 104 valence electrons. The zero-order chi connectivity index (χ0) is 14.0. The van der Waals surface area contributed by atoms with Gasteiger partial charge in [-0.25, -0.2) is 0 Å². The van der Waals surface area contributed by atoms with Crippen LogP contribution in [0.1, 0.15) is 11.1 Å². The maximum Gasteiger partial charge on any atom is 0.318 e. The van der Waals surface area contributed by atoms with Crippen LogP contribution in [0.5, 0.6) is 0 Å². The molecule has 1 aromatic carbocycles. The second-order valence-corrected chi connectivity index (χ2v) is 5.41. The SMILES string of the molecule is COC(=O)C1(CN(C)c2cc(C)ccc2C)COC1. The molecule has 1 saturated heterocycles. The summed E-state index contributed by atoms with van der Waals surface area (Å²) in [6, 6.07) is 6.33. The molecule has 19 heavy (non-hydrogen) atoms. The molecule has 0 N–H and O–H groups in total. The number of rotatable bonds is 4. The summed E-state index contributed by atoms with van der Waals surface area (Å²) in [5.41, 5.74) is 3.05. The van der Waals surface area contributed by atoms with Crippen molar-refractivity contribution in [2.24, 2.45) is 5.41 Å². The Labute approximate surface area is 114 Å². The number of nitrogens with zero attached hydrogens (tertiary/aromatic N) is 1. The minimum absolute atomic E-state index is 0.184. The van der Waals surface area contributed by atoms with Crippen LogP contribution in [0.4, 0.5) is 5.69 Å². The van der Waals surface area contributed by atoms with Crippen molar-refractivity contribution in [3.05, 3.63) is 29.3 Å². The smallest absolute Gasteiger partial charge is 0.318 e. The Balaban J connectivity index is 2.18. The van der Waals surface area contributed by atoms with Gasteiger partial charge in [0.25, 0.3) is 0 Å². The lowest BCUT2D eigenvalue weighted by Gasteiger charge is -2.41. The summed E-state index contributed by atoms with van der Waals surface area (Å²) in [7, 11) is 3.44. The van der Waals surface area contributed by atoms with Crippen LogP contribution in [-0.2, 0) is 14.3 Å². The van der Waals surface area contributed by atoms with E-state index in [4.69, 9.17) is 9.47 Å². The van der Waals surface area contributed by atoms with Crippen LogP contribution in [0.3, 0.4) is 0 Å². The van der Waals surface area contributed by atoms with Gasteiger partial charge < -0.3 is 14.4 Å². The van der Waals surface area contributed by atoms with E-state index < -0.39 is 5.41 Å². The molecule has 0 atom stereocenters. The van der Waals surface area contributed by atoms with Gasteiger partial charge >= 0.3 is 5.97 Å². The Morgan fingerprint density at radius 2 is 2.11 bits per heavy atom. The van der Waals surface area contributed by atoms with E-state index in [0.717, 1.165) is 5.69 Å². The van der Waals surface area contributed by atoms with E-state index in [-0.39, 0.29) is 5.97 Å². The summed E-state index contributed by atoms with van der Waals surface area (Å²) in [5.74, 6) is -0.184. The minimum atomic E-state index is -0.514. The van der Waals surface area contributed by atoms with Crippen molar-refractivity contribution >= 4 is 11.7 Å². The molecule has 0 bridgehead atoms. The van der Waals surface area contributed by atoms with E-state index in [1.165, 1.54) is 18.2 Å². The number of ether oxygens (including phenoxy) is 2. The summed E-state index contributed by atoms with van der Waals surface area (Å²) >= 11 is 0. The molecule has 1 aliphatic rings. The van der Waals surface area contributed by atoms with Gasteiger partial charge in [0.1, 0.15) is 5.41 Å². The van der Waals surface area contributed by atoms with Gasteiger partial charge in [-0.2, -0.15) is 0 Å². The maximum absolute atomic E-state index is 11.9. The van der Waals surface area contributed by atoms with Crippen molar-refractivity contribution in [1.82, 2.24) is 0 Å². The van der Waals surface area contributed by atoms with E-state index in [0.29, 0.717) is 19.8 Å². The Kier molecular flexibility index (Phi) is 3.80. The second kappa shape index (κ2) is 5.21. The summed E-state index contributed by atoms with van der Waals surface area (Å²) in [6.07, 6.45) is 0. The first kappa shape index (κ1) is 13.9. The summed E-state index contributed by atoms with van der Waals surface area (Å²) in [6.45, 7) is 5.64. The van der Waals surface area contributed by atoms with Crippen LogP contribution < -0.4 is 4.90 Å². The largest absolute Gasteiger partial charge is 0.468 e. The molecule has 0 unspecified atom stereocenters. The molecule has 0 amide bonds. The van der Waals surface area contributed by atoms with E-state index >= 15 is 0 Å². The highest BCUT2D eigenvalue weighted by molar-refractivity contribution is 5.79. The van der Waals surface area contributed by atoms with Crippen molar-refractivity contribution in [3.63, 3.8) is 0 Å². The van der Waals surface area contributed by atoms with Crippen LogP contribution in [-0.4, -0.2) is 39.9 Å². The number of methoxy groups -OCH3 is 1. The predicted molar refractivity (Wildman–Crippen MR) is 74.5 cm³/mol. The molecule has 2 rings (SSSR count). The van der Waals surface area contributed by atoms with Crippen LogP contribution >= 0.6 is 0 Å². The van der Waals surface area contributed by atoms with Gasteiger partial charge in [0.15, 0.2) is 0 Å². The van der Waals surface area contributed by atoms with Gasteiger partial charge in [0, 0.05) is 19.3 Å². The fourth-order valence-corrected chi connectivity index (χ4v) is 2.51. The first-order valence-electron chi connectivity index (χ1n) is 6.43. The quantitative estimate of drug-likeness (QED) is 0.778. The van der Waals surface area contributed by atoms with E-state index in [1.807, 2.05) is 7.05 Å². The van der Waals surface area contributed by atoms with Gasteiger partial charge in [0.2, 0.25) is 0 Å². The standard InChI is InChI=1S/C15H21NO3/c1-11-5-6-12(2)13(7-11)16(3)8-15(9-19-10-15)14(17)18-4/h5-7H,8-10H2,1-4H3. The molecular weight excluding hydrogens is 242 g/mol. The van der Waals surface area contributed by atoms with E-state index in [2.05, 4.69) is 36.9 Å². The average Bonchev–Trinajstić information content (AvgIpc) is 2.35. The number of aryl methyl sites for hydroxylation is 2. The molecule has 0 aliphatic carbocycles. The third kappa shape index (κ3) is 2.59. The fraction of sp³-hybridized carbons (Fsp3) is 0.533. The number of carbonyl (C=O) groups is 1. The van der Waals surface area contributed by atoms with Gasteiger partial charge in [0.05, 0.1) is 20.3 Å². The fourth-order valence-electron chi connectivity index (χ4n) is 2.51. The zero-order valence-corrected chi connectivity index (χ0v) is 12.0. The molecule has 4 heteroatoms. The molecule has 1 aliphatic heterocycles. The predicted octanol–water partition coefficient (Wildman–Crippen LogP) is 1.93. The van der Waals surface area contributed by atoms with E-state index in [1.54, 1.807) is 0 Å². The number of hydrogen-bond acceptors (Lipinski definition) is 4. The topological polar surface area (TPSA) is 38.8 Å². The van der Waals surface area contributed by atoms with Crippen LogP contribution in [0.15, 0.2) is 18.2 Å². The maximum atomic E-state index is 11.9. The molecule has 1 fully saturated rings. The van der Waals surface area contributed by atoms with Gasteiger partial charge in [-0.1, -0.05) is 12.1 Å². The normalized spacial score (nSPS) is 16.6. The van der Waals surface area contributed by atoms with Crippen molar-refractivity contribution in [2.75, 3.05) is 38.8 Å². The highest BCUT2D eigenvalue weighted by atomic mass is 16.5. The molecule has 1 aromatic rings. The van der Waals surface area contributed by atoms with Crippen LogP contribution in [0.25, 0.3) is 0 Å². The lowest BCUT2D eigenvalue weighted by molar-refractivity contribution is -0.180. The first-order chi connectivity index (χ1) is 8.98. The lowest BCUT2D eigenvalue weighted by atomic mass is 9.85. The summed E-state index contributed by atoms with van der Waals surface area (Å²) in [4.78, 5) is 14.0. The minimum Gasteiger partial charge on any atom is -0.468 e. The van der Waals surface area contributed by atoms with Crippen molar-refractivity contribution in [1.29, 1.82) is 0 Å². The van der Waals surface area contributed by atoms with Crippen molar-refractivity contribution < 1.29 is 14.3 Å². The van der Waals surface area contributed by atoms with Gasteiger partial charge in [-0.05, 0) is 31.0 Å².